The fraction of sp³-hybridized carbons (Fsp3) is 0.320. The van der Waals surface area contributed by atoms with Gasteiger partial charge in [0.05, 0.1) is 33.5 Å². The number of allylic oxidation sites excluding steroid dienone is 1. The maximum absolute atomic E-state index is 12.3. The Morgan fingerprint density at radius 2 is 2.06 bits per heavy atom. The number of hydrogen-bond donors (Lipinski definition) is 2. The Morgan fingerprint density at radius 3 is 2.82 bits per heavy atom. The Hall–Kier alpha value is -3.46. The predicted octanol–water partition coefficient (Wildman–Crippen LogP) is 4.01. The first-order valence-corrected chi connectivity index (χ1v) is 11.8. The number of hydrogen-bond acceptors (Lipinski definition) is 8. The molecule has 1 amide bonds. The quantitative estimate of drug-likeness (QED) is 0.492. The molecule has 0 saturated heterocycles. The lowest BCUT2D eigenvalue weighted by molar-refractivity contribution is -0.135. The molecule has 1 aromatic carbocycles. The number of carbonyl (C=O) groups excluding carboxylic acids is 2. The summed E-state index contributed by atoms with van der Waals surface area (Å²) in [6.07, 6.45) is 5.79. The molecule has 3 heterocycles. The summed E-state index contributed by atoms with van der Waals surface area (Å²) in [5, 5.41) is 6.92. The zero-order valence-electron chi connectivity index (χ0n) is 19.6. The minimum Gasteiger partial charge on any atom is -0.465 e. The summed E-state index contributed by atoms with van der Waals surface area (Å²) in [4.78, 5) is 38.2. The predicted molar refractivity (Wildman–Crippen MR) is 134 cm³/mol. The maximum Gasteiger partial charge on any atom is 0.344 e. The molecule has 0 saturated carbocycles. The maximum atomic E-state index is 12.3. The van der Waals surface area contributed by atoms with Gasteiger partial charge in [0.2, 0.25) is 0 Å². The lowest BCUT2D eigenvalue weighted by Gasteiger charge is -2.23. The number of benzene rings is 1. The van der Waals surface area contributed by atoms with Crippen molar-refractivity contribution in [1.82, 2.24) is 20.3 Å². The van der Waals surface area contributed by atoms with E-state index in [0.29, 0.717) is 29.3 Å². The van der Waals surface area contributed by atoms with Gasteiger partial charge in [-0.2, -0.15) is 0 Å². The van der Waals surface area contributed by atoms with Crippen LogP contribution in [0.3, 0.4) is 0 Å². The SMILES string of the molecule is CNC(=O)c1ccnc2c([C@H](C)CNc3cc(C4(C)CC=C(C(=O)OC)S4)ncn3)cccc12. The zero-order valence-corrected chi connectivity index (χ0v) is 20.4. The van der Waals surface area contributed by atoms with E-state index in [1.807, 2.05) is 30.3 Å². The minimum atomic E-state index is -0.357. The summed E-state index contributed by atoms with van der Waals surface area (Å²) in [6, 6.07) is 9.58. The normalized spacial score (nSPS) is 18.3. The molecule has 1 aliphatic heterocycles. The van der Waals surface area contributed by atoms with Gasteiger partial charge in [-0.05, 0) is 25.0 Å². The highest BCUT2D eigenvalue weighted by atomic mass is 32.2. The number of amides is 1. The van der Waals surface area contributed by atoms with Crippen molar-refractivity contribution in [1.29, 1.82) is 0 Å². The molecule has 0 spiro atoms. The molecule has 8 nitrogen and oxygen atoms in total. The second-order valence-corrected chi connectivity index (χ2v) is 9.89. The minimum absolute atomic E-state index is 0.110. The molecule has 2 atom stereocenters. The highest BCUT2D eigenvalue weighted by molar-refractivity contribution is 8.05. The van der Waals surface area contributed by atoms with Crippen LogP contribution in [0, 0.1) is 0 Å². The average Bonchev–Trinajstić information content (AvgIpc) is 3.29. The molecule has 34 heavy (non-hydrogen) atoms. The van der Waals surface area contributed by atoms with Crippen molar-refractivity contribution in [3.05, 3.63) is 70.7 Å². The van der Waals surface area contributed by atoms with Crippen LogP contribution in [0.25, 0.3) is 10.9 Å². The lowest BCUT2D eigenvalue weighted by atomic mass is 9.96. The number of aromatic nitrogens is 3. The number of esters is 1. The number of fused-ring (bicyclic) bond motifs is 1. The highest BCUT2D eigenvalue weighted by Crippen LogP contribution is 2.49. The van der Waals surface area contributed by atoms with Gasteiger partial charge in [-0.25, -0.2) is 14.8 Å². The van der Waals surface area contributed by atoms with Gasteiger partial charge in [0.1, 0.15) is 12.1 Å². The van der Waals surface area contributed by atoms with E-state index in [-0.39, 0.29) is 22.5 Å². The molecule has 2 N–H and O–H groups in total. The van der Waals surface area contributed by atoms with E-state index < -0.39 is 0 Å². The van der Waals surface area contributed by atoms with Crippen molar-refractivity contribution >= 4 is 40.4 Å². The van der Waals surface area contributed by atoms with E-state index in [1.54, 1.807) is 25.6 Å². The first-order chi connectivity index (χ1) is 16.4. The molecule has 9 heteroatoms. The standard InChI is InChI=1S/C25H27N5O3S/c1-15(16-6-5-7-17-18(23(31)26-3)9-11-27-22(16)17)13-28-21-12-20(29-14-30-21)25(2)10-8-19(34-25)24(32)33-4/h5-9,11-12,14-15H,10,13H2,1-4H3,(H,26,31)(H,28,29,30)/t15-,25?/m1/s1. The smallest absolute Gasteiger partial charge is 0.344 e. The Labute approximate surface area is 202 Å². The number of rotatable bonds is 7. The van der Waals surface area contributed by atoms with Crippen LogP contribution in [0.4, 0.5) is 5.82 Å². The highest BCUT2D eigenvalue weighted by Gasteiger charge is 2.37. The number of para-hydroxylation sites is 1. The number of thioether (sulfide) groups is 1. The summed E-state index contributed by atoms with van der Waals surface area (Å²) in [5.74, 6) is 0.369. The van der Waals surface area contributed by atoms with E-state index in [2.05, 4.69) is 39.4 Å². The van der Waals surface area contributed by atoms with E-state index in [9.17, 15) is 9.59 Å². The second kappa shape index (κ2) is 9.80. The third-order valence-electron chi connectivity index (χ3n) is 6.00. The number of methoxy groups -OCH3 is 1. The Bertz CT molecular complexity index is 1280. The molecule has 0 bridgehead atoms. The van der Waals surface area contributed by atoms with Crippen LogP contribution in [0.1, 0.15) is 47.8 Å². The van der Waals surface area contributed by atoms with Crippen molar-refractivity contribution in [3.63, 3.8) is 0 Å². The molecule has 3 aromatic rings. The van der Waals surface area contributed by atoms with Crippen LogP contribution < -0.4 is 10.6 Å². The van der Waals surface area contributed by atoms with Crippen molar-refractivity contribution in [2.75, 3.05) is 26.0 Å². The Balaban J connectivity index is 1.50. The number of pyridine rings is 1. The number of carbonyl (C=O) groups is 2. The second-order valence-electron chi connectivity index (χ2n) is 8.35. The third kappa shape index (κ3) is 4.61. The van der Waals surface area contributed by atoms with Crippen molar-refractivity contribution in [2.45, 2.75) is 30.9 Å². The van der Waals surface area contributed by atoms with Crippen LogP contribution in [0.5, 0.6) is 0 Å². The third-order valence-corrected chi connectivity index (χ3v) is 7.38. The molecular weight excluding hydrogens is 450 g/mol. The monoisotopic (exact) mass is 477 g/mol. The van der Waals surface area contributed by atoms with Gasteiger partial charge < -0.3 is 15.4 Å². The van der Waals surface area contributed by atoms with E-state index in [4.69, 9.17) is 4.74 Å². The fourth-order valence-corrected chi connectivity index (χ4v) is 5.24. The van der Waals surface area contributed by atoms with Crippen molar-refractivity contribution < 1.29 is 14.3 Å². The van der Waals surface area contributed by atoms with Gasteiger partial charge in [-0.3, -0.25) is 9.78 Å². The van der Waals surface area contributed by atoms with E-state index >= 15 is 0 Å². The molecule has 4 rings (SSSR count). The number of nitrogens with zero attached hydrogens (tertiary/aromatic N) is 3. The van der Waals surface area contributed by atoms with Crippen LogP contribution in [-0.2, 0) is 14.3 Å². The number of ether oxygens (including phenoxy) is 1. The first kappa shape index (κ1) is 23.7. The van der Waals surface area contributed by atoms with E-state index in [1.165, 1.54) is 18.9 Å². The average molecular weight is 478 g/mol. The Morgan fingerprint density at radius 1 is 1.24 bits per heavy atom. The molecule has 0 radical (unpaired) electrons. The molecule has 2 aromatic heterocycles. The lowest BCUT2D eigenvalue weighted by Crippen LogP contribution is -2.19. The summed E-state index contributed by atoms with van der Waals surface area (Å²) in [5.41, 5.74) is 3.32. The number of anilines is 1. The Kier molecular flexibility index (Phi) is 6.83. The fourth-order valence-electron chi connectivity index (χ4n) is 4.04. The molecule has 0 fully saturated rings. The summed E-state index contributed by atoms with van der Waals surface area (Å²) < 4.78 is 4.49. The molecule has 176 valence electrons. The molecule has 0 aliphatic carbocycles. The van der Waals surface area contributed by atoms with Gasteiger partial charge in [0.25, 0.3) is 5.91 Å². The summed E-state index contributed by atoms with van der Waals surface area (Å²) >= 11 is 1.46. The summed E-state index contributed by atoms with van der Waals surface area (Å²) in [7, 11) is 3.01. The van der Waals surface area contributed by atoms with Gasteiger partial charge >= 0.3 is 5.97 Å². The van der Waals surface area contributed by atoms with Crippen LogP contribution >= 0.6 is 11.8 Å². The van der Waals surface area contributed by atoms with Gasteiger partial charge in [-0.1, -0.05) is 31.2 Å². The first-order valence-electron chi connectivity index (χ1n) is 11.0. The molecular formula is C25H27N5O3S. The van der Waals surface area contributed by atoms with Crippen LogP contribution in [-0.4, -0.2) is 47.5 Å². The zero-order chi connectivity index (χ0) is 24.3. The molecule has 1 aliphatic rings. The van der Waals surface area contributed by atoms with Crippen molar-refractivity contribution in [3.8, 4) is 0 Å². The summed E-state index contributed by atoms with van der Waals surface area (Å²) in [6.45, 7) is 4.79. The van der Waals surface area contributed by atoms with Crippen molar-refractivity contribution in [2.24, 2.45) is 0 Å². The van der Waals surface area contributed by atoms with Crippen LogP contribution in [0.15, 0.2) is 53.8 Å². The van der Waals surface area contributed by atoms with Gasteiger partial charge in [0.15, 0.2) is 0 Å². The topological polar surface area (TPSA) is 106 Å². The van der Waals surface area contributed by atoms with Gasteiger partial charge in [0, 0.05) is 37.2 Å². The molecule has 1 unspecified atom stereocenters. The number of nitrogens with one attached hydrogen (secondary N) is 2. The van der Waals surface area contributed by atoms with E-state index in [0.717, 1.165) is 22.2 Å². The largest absolute Gasteiger partial charge is 0.465 e. The van der Waals surface area contributed by atoms with Crippen LogP contribution in [0.2, 0.25) is 0 Å². The van der Waals surface area contributed by atoms with Gasteiger partial charge in [-0.15, -0.1) is 11.8 Å².